The summed E-state index contributed by atoms with van der Waals surface area (Å²) in [6, 6.07) is 15.7. The zero-order chi connectivity index (χ0) is 14.8. The third-order valence-corrected chi connectivity index (χ3v) is 3.68. The Hall–Kier alpha value is -2.33. The molecule has 0 aliphatic carbocycles. The van der Waals surface area contributed by atoms with Gasteiger partial charge in [-0.15, -0.1) is 0 Å². The molecule has 2 aromatic rings. The van der Waals surface area contributed by atoms with Gasteiger partial charge in [0.2, 0.25) is 5.91 Å². The molecule has 1 atom stereocenters. The van der Waals surface area contributed by atoms with Crippen LogP contribution < -0.4 is 10.2 Å². The number of amides is 3. The smallest absolute Gasteiger partial charge is 0.328 e. The molecule has 1 unspecified atom stereocenters. The number of halogens is 1. The Morgan fingerprint density at radius 3 is 2.52 bits per heavy atom. The van der Waals surface area contributed by atoms with E-state index in [9.17, 15) is 9.59 Å². The van der Waals surface area contributed by atoms with Crippen LogP contribution in [-0.2, 0) is 4.79 Å². The number of urea groups is 1. The maximum Gasteiger partial charge on any atom is 0.328 e. The minimum absolute atomic E-state index is 0.243. The van der Waals surface area contributed by atoms with Crippen molar-refractivity contribution in [2.75, 3.05) is 11.4 Å². The van der Waals surface area contributed by atoms with Crippen molar-refractivity contribution < 1.29 is 9.59 Å². The molecule has 2 aromatic carbocycles. The maximum atomic E-state index is 12.7. The van der Waals surface area contributed by atoms with Crippen LogP contribution in [0.4, 0.5) is 10.5 Å². The Kier molecular flexibility index (Phi) is 3.62. The van der Waals surface area contributed by atoms with Crippen LogP contribution in [0.1, 0.15) is 11.5 Å². The van der Waals surface area contributed by atoms with E-state index in [4.69, 9.17) is 11.6 Å². The molecule has 106 valence electrons. The molecule has 0 aromatic heterocycles. The molecule has 1 N–H and O–H groups in total. The zero-order valence-electron chi connectivity index (χ0n) is 11.1. The van der Waals surface area contributed by atoms with Crippen molar-refractivity contribution in [3.05, 3.63) is 65.2 Å². The predicted molar refractivity (Wildman–Crippen MR) is 81.5 cm³/mol. The van der Waals surface area contributed by atoms with Crippen LogP contribution in [0.5, 0.6) is 0 Å². The van der Waals surface area contributed by atoms with Crippen molar-refractivity contribution in [3.8, 4) is 0 Å². The minimum atomic E-state index is -0.422. The van der Waals surface area contributed by atoms with E-state index in [0.717, 1.165) is 10.5 Å². The van der Waals surface area contributed by atoms with Gasteiger partial charge in [-0.1, -0.05) is 48.0 Å². The Labute approximate surface area is 127 Å². The monoisotopic (exact) mass is 300 g/mol. The number of hydrogen-bond donors (Lipinski definition) is 1. The lowest BCUT2D eigenvalue weighted by Crippen LogP contribution is -2.54. The van der Waals surface area contributed by atoms with E-state index in [2.05, 4.69) is 5.32 Å². The molecule has 21 heavy (non-hydrogen) atoms. The summed E-state index contributed by atoms with van der Waals surface area (Å²) in [5.41, 5.74) is 1.36. The van der Waals surface area contributed by atoms with Gasteiger partial charge in [-0.2, -0.15) is 0 Å². The lowest BCUT2D eigenvalue weighted by Gasteiger charge is -2.31. The summed E-state index contributed by atoms with van der Waals surface area (Å²) >= 11 is 5.94. The summed E-state index contributed by atoms with van der Waals surface area (Å²) in [6.07, 6.45) is 0. The molecule has 0 radical (unpaired) electrons. The minimum Gasteiger partial charge on any atom is -0.336 e. The van der Waals surface area contributed by atoms with Gasteiger partial charge in [0.25, 0.3) is 0 Å². The fraction of sp³-hybridized carbons (Fsp3) is 0.125. The Balaban J connectivity index is 1.96. The van der Waals surface area contributed by atoms with Crippen molar-refractivity contribution in [1.29, 1.82) is 0 Å². The lowest BCUT2D eigenvalue weighted by molar-refractivity contribution is -0.119. The van der Waals surface area contributed by atoms with E-state index >= 15 is 0 Å². The van der Waals surface area contributed by atoms with Gasteiger partial charge in [0, 0.05) is 11.6 Å². The predicted octanol–water partition coefficient (Wildman–Crippen LogP) is 3.18. The second-order valence-electron chi connectivity index (χ2n) is 4.80. The number of benzene rings is 2. The van der Waals surface area contributed by atoms with Crippen LogP contribution in [0.25, 0.3) is 0 Å². The van der Waals surface area contributed by atoms with Crippen molar-refractivity contribution in [2.24, 2.45) is 0 Å². The third-order valence-electron chi connectivity index (χ3n) is 3.45. The average Bonchev–Trinajstić information content (AvgIpc) is 2.48. The summed E-state index contributed by atoms with van der Waals surface area (Å²) in [5, 5.41) is 3.23. The van der Waals surface area contributed by atoms with Crippen LogP contribution >= 0.6 is 11.6 Å². The highest BCUT2D eigenvalue weighted by atomic mass is 35.5. The molecule has 1 fully saturated rings. The van der Waals surface area contributed by atoms with E-state index < -0.39 is 6.03 Å². The molecule has 1 aliphatic heterocycles. The van der Waals surface area contributed by atoms with Gasteiger partial charge in [-0.05, 0) is 23.8 Å². The molecule has 3 rings (SSSR count). The first-order valence-corrected chi connectivity index (χ1v) is 6.97. The lowest BCUT2D eigenvalue weighted by atomic mass is 9.96. The highest BCUT2D eigenvalue weighted by Crippen LogP contribution is 2.27. The summed E-state index contributed by atoms with van der Waals surface area (Å²) in [7, 11) is 0. The molecule has 1 saturated heterocycles. The SMILES string of the molecule is O=C1NCC(c2ccccc2)C(=O)N1c1cccc(Cl)c1. The van der Waals surface area contributed by atoms with Crippen molar-refractivity contribution in [1.82, 2.24) is 5.32 Å². The number of carbonyl (C=O) groups is 2. The molecular weight excluding hydrogens is 288 g/mol. The van der Waals surface area contributed by atoms with E-state index in [1.807, 2.05) is 30.3 Å². The van der Waals surface area contributed by atoms with Crippen LogP contribution in [0.15, 0.2) is 54.6 Å². The number of rotatable bonds is 2. The summed E-state index contributed by atoms with van der Waals surface area (Å²) in [4.78, 5) is 25.9. The maximum absolute atomic E-state index is 12.7. The second-order valence-corrected chi connectivity index (χ2v) is 5.24. The first-order chi connectivity index (χ1) is 10.2. The van der Waals surface area contributed by atoms with Gasteiger partial charge in [0.15, 0.2) is 0 Å². The normalized spacial score (nSPS) is 18.5. The van der Waals surface area contributed by atoms with Gasteiger partial charge in [-0.3, -0.25) is 4.79 Å². The molecule has 5 heteroatoms. The van der Waals surface area contributed by atoms with Gasteiger partial charge in [-0.25, -0.2) is 9.69 Å². The standard InChI is InChI=1S/C16H13ClN2O2/c17-12-7-4-8-13(9-12)19-15(20)14(10-18-16(19)21)11-5-2-1-3-6-11/h1-9,14H,10H2,(H,18,21). The van der Waals surface area contributed by atoms with Crippen LogP contribution in [0.2, 0.25) is 5.02 Å². The number of hydrogen-bond acceptors (Lipinski definition) is 2. The average molecular weight is 301 g/mol. The van der Waals surface area contributed by atoms with Gasteiger partial charge in [0.1, 0.15) is 0 Å². The van der Waals surface area contributed by atoms with Gasteiger partial charge in [0.05, 0.1) is 11.6 Å². The summed E-state index contributed by atoms with van der Waals surface area (Å²) in [5.74, 6) is -0.630. The van der Waals surface area contributed by atoms with Crippen molar-refractivity contribution in [2.45, 2.75) is 5.92 Å². The fourth-order valence-electron chi connectivity index (χ4n) is 2.42. The molecule has 1 aliphatic rings. The third kappa shape index (κ3) is 2.62. The quantitative estimate of drug-likeness (QED) is 0.926. The summed E-state index contributed by atoms with van der Waals surface area (Å²) in [6.45, 7) is 0.304. The van der Waals surface area contributed by atoms with Crippen LogP contribution in [-0.4, -0.2) is 18.5 Å². The van der Waals surface area contributed by atoms with Crippen molar-refractivity contribution in [3.63, 3.8) is 0 Å². The number of imide groups is 1. The second kappa shape index (κ2) is 5.58. The fourth-order valence-corrected chi connectivity index (χ4v) is 2.60. The van der Waals surface area contributed by atoms with Crippen LogP contribution in [0, 0.1) is 0 Å². The van der Waals surface area contributed by atoms with E-state index in [1.165, 1.54) is 0 Å². The topological polar surface area (TPSA) is 49.4 Å². The zero-order valence-corrected chi connectivity index (χ0v) is 11.9. The van der Waals surface area contributed by atoms with E-state index in [-0.39, 0.29) is 11.8 Å². The molecule has 1 heterocycles. The van der Waals surface area contributed by atoms with Crippen LogP contribution in [0.3, 0.4) is 0 Å². The van der Waals surface area contributed by atoms with Crippen molar-refractivity contribution >= 4 is 29.2 Å². The van der Waals surface area contributed by atoms with Gasteiger partial charge < -0.3 is 5.32 Å². The molecule has 0 bridgehead atoms. The Bertz CT molecular complexity index is 688. The first kappa shape index (κ1) is 13.6. The summed E-state index contributed by atoms with van der Waals surface area (Å²) < 4.78 is 0. The molecule has 0 saturated carbocycles. The molecule has 3 amide bonds. The van der Waals surface area contributed by atoms with E-state index in [0.29, 0.717) is 17.3 Å². The highest BCUT2D eigenvalue weighted by molar-refractivity contribution is 6.31. The number of nitrogens with one attached hydrogen (secondary N) is 1. The highest BCUT2D eigenvalue weighted by Gasteiger charge is 2.36. The molecule has 0 spiro atoms. The Morgan fingerprint density at radius 1 is 1.05 bits per heavy atom. The first-order valence-electron chi connectivity index (χ1n) is 6.59. The molecular formula is C16H13ClN2O2. The van der Waals surface area contributed by atoms with Gasteiger partial charge >= 0.3 is 6.03 Å². The van der Waals surface area contributed by atoms with E-state index in [1.54, 1.807) is 24.3 Å². The largest absolute Gasteiger partial charge is 0.336 e. The number of carbonyl (C=O) groups excluding carboxylic acids is 2. The molecule has 4 nitrogen and oxygen atoms in total. The Morgan fingerprint density at radius 2 is 1.81 bits per heavy atom. The number of nitrogens with zero attached hydrogens (tertiary/aromatic N) is 1. The number of anilines is 1.